The number of esters is 1. The Morgan fingerprint density at radius 1 is 1.32 bits per heavy atom. The lowest BCUT2D eigenvalue weighted by Gasteiger charge is -2.47. The van der Waals surface area contributed by atoms with Gasteiger partial charge in [-0.25, -0.2) is 4.79 Å². The van der Waals surface area contributed by atoms with Gasteiger partial charge in [0.2, 0.25) is 0 Å². The molecule has 1 unspecified atom stereocenters. The van der Waals surface area contributed by atoms with E-state index in [1.165, 1.54) is 7.11 Å². The van der Waals surface area contributed by atoms with Crippen molar-refractivity contribution in [2.45, 2.75) is 64.4 Å². The largest absolute Gasteiger partial charge is 0.508 e. The van der Waals surface area contributed by atoms with Gasteiger partial charge in [-0.05, 0) is 49.8 Å². The molecule has 136 valence electrons. The average molecular weight is 344 g/mol. The lowest BCUT2D eigenvalue weighted by molar-refractivity contribution is -0.136. The second kappa shape index (κ2) is 5.79. The van der Waals surface area contributed by atoms with Gasteiger partial charge in [0.15, 0.2) is 0 Å². The van der Waals surface area contributed by atoms with Crippen molar-refractivity contribution in [1.82, 2.24) is 0 Å². The third-order valence-corrected chi connectivity index (χ3v) is 5.61. The van der Waals surface area contributed by atoms with E-state index >= 15 is 0 Å². The van der Waals surface area contributed by atoms with Crippen LogP contribution in [0, 0.1) is 5.92 Å². The number of ether oxygens (including phenoxy) is 2. The van der Waals surface area contributed by atoms with Crippen LogP contribution in [0.3, 0.4) is 0 Å². The Hall–Kier alpha value is -1.97. The van der Waals surface area contributed by atoms with Gasteiger partial charge in [0.1, 0.15) is 17.1 Å². The van der Waals surface area contributed by atoms with Crippen LogP contribution in [0.5, 0.6) is 11.5 Å². The van der Waals surface area contributed by atoms with Gasteiger partial charge in [0.25, 0.3) is 0 Å². The lowest BCUT2D eigenvalue weighted by Crippen LogP contribution is -2.46. The van der Waals surface area contributed by atoms with Crippen molar-refractivity contribution < 1.29 is 19.4 Å². The Balaban J connectivity index is 2.11. The Kier molecular flexibility index (Phi) is 4.13. The molecule has 0 radical (unpaired) electrons. The van der Waals surface area contributed by atoms with Gasteiger partial charge in [-0.3, -0.25) is 0 Å². The smallest absolute Gasteiger partial charge is 0.333 e. The van der Waals surface area contributed by atoms with E-state index in [4.69, 9.17) is 9.47 Å². The van der Waals surface area contributed by atoms with Crippen molar-refractivity contribution in [2.24, 2.45) is 5.92 Å². The minimum absolute atomic E-state index is 0.0480. The van der Waals surface area contributed by atoms with E-state index in [0.29, 0.717) is 12.0 Å². The second-order valence-corrected chi connectivity index (χ2v) is 8.74. The molecule has 0 saturated heterocycles. The van der Waals surface area contributed by atoms with E-state index in [-0.39, 0.29) is 34.6 Å². The molecule has 0 amide bonds. The molecule has 3 rings (SSSR count). The van der Waals surface area contributed by atoms with Gasteiger partial charge in [0.05, 0.1) is 7.11 Å². The number of carbonyl (C=O) groups is 1. The van der Waals surface area contributed by atoms with Crippen LogP contribution in [0.25, 0.3) is 0 Å². The molecule has 1 aromatic carbocycles. The van der Waals surface area contributed by atoms with Crippen LogP contribution in [-0.2, 0) is 14.9 Å². The van der Waals surface area contributed by atoms with Crippen molar-refractivity contribution in [1.29, 1.82) is 0 Å². The summed E-state index contributed by atoms with van der Waals surface area (Å²) in [6, 6.07) is 3.89. The van der Waals surface area contributed by atoms with E-state index < -0.39 is 0 Å². The highest BCUT2D eigenvalue weighted by molar-refractivity contribution is 5.88. The fourth-order valence-electron chi connectivity index (χ4n) is 4.13. The zero-order valence-corrected chi connectivity index (χ0v) is 16.0. The van der Waals surface area contributed by atoms with Crippen molar-refractivity contribution in [3.05, 3.63) is 34.9 Å². The quantitative estimate of drug-likeness (QED) is 0.765. The van der Waals surface area contributed by atoms with Crippen LogP contribution in [0.4, 0.5) is 0 Å². The van der Waals surface area contributed by atoms with Crippen LogP contribution in [-0.4, -0.2) is 23.8 Å². The van der Waals surface area contributed by atoms with E-state index in [9.17, 15) is 9.90 Å². The number of allylic oxidation sites excluding steroid dienone is 1. The fourth-order valence-corrected chi connectivity index (χ4v) is 4.13. The number of hydrogen-bond acceptors (Lipinski definition) is 4. The Bertz CT molecular complexity index is 737. The predicted octanol–water partition coefficient (Wildman–Crippen LogP) is 4.45. The summed E-state index contributed by atoms with van der Waals surface area (Å²) in [6.07, 6.45) is 3.27. The second-order valence-electron chi connectivity index (χ2n) is 8.74. The fraction of sp³-hybridized carbons (Fsp3) is 0.571. The van der Waals surface area contributed by atoms with Crippen LogP contribution in [0.15, 0.2) is 23.8 Å². The minimum Gasteiger partial charge on any atom is -0.508 e. The number of aromatic hydroxyl groups is 1. The molecule has 0 saturated carbocycles. The molecule has 1 heterocycles. The lowest BCUT2D eigenvalue weighted by atomic mass is 9.66. The van der Waals surface area contributed by atoms with Crippen molar-refractivity contribution in [3.8, 4) is 11.5 Å². The van der Waals surface area contributed by atoms with Gasteiger partial charge in [-0.15, -0.1) is 0 Å². The van der Waals surface area contributed by atoms with Gasteiger partial charge in [-0.2, -0.15) is 0 Å². The first-order valence-electron chi connectivity index (χ1n) is 8.88. The molecule has 1 aromatic rings. The summed E-state index contributed by atoms with van der Waals surface area (Å²) >= 11 is 0. The summed E-state index contributed by atoms with van der Waals surface area (Å²) in [6.45, 7) is 10.5. The molecule has 25 heavy (non-hydrogen) atoms. The highest BCUT2D eigenvalue weighted by Gasteiger charge is 2.47. The third-order valence-electron chi connectivity index (χ3n) is 5.61. The van der Waals surface area contributed by atoms with Gasteiger partial charge in [-0.1, -0.05) is 26.8 Å². The highest BCUT2D eigenvalue weighted by Crippen LogP contribution is 2.54. The molecule has 1 N–H and O–H groups in total. The van der Waals surface area contributed by atoms with Gasteiger partial charge < -0.3 is 14.6 Å². The zero-order chi connectivity index (χ0) is 18.6. The third kappa shape index (κ3) is 3.03. The number of benzene rings is 1. The monoisotopic (exact) mass is 344 g/mol. The summed E-state index contributed by atoms with van der Waals surface area (Å²) in [5, 5.41) is 10.8. The molecular weight excluding hydrogens is 316 g/mol. The van der Waals surface area contributed by atoms with E-state index in [0.717, 1.165) is 23.3 Å². The molecular formula is C21H28O4. The van der Waals surface area contributed by atoms with Crippen molar-refractivity contribution in [3.63, 3.8) is 0 Å². The topological polar surface area (TPSA) is 55.8 Å². The summed E-state index contributed by atoms with van der Waals surface area (Å²) < 4.78 is 11.2. The number of fused-ring (bicyclic) bond motifs is 3. The van der Waals surface area contributed by atoms with E-state index in [1.807, 2.05) is 18.2 Å². The molecule has 0 aromatic heterocycles. The number of methoxy groups -OCH3 is 1. The minimum atomic E-state index is -0.362. The Labute approximate surface area is 149 Å². The van der Waals surface area contributed by atoms with Crippen LogP contribution in [0.1, 0.15) is 64.5 Å². The Morgan fingerprint density at radius 3 is 2.60 bits per heavy atom. The number of hydrogen-bond donors (Lipinski definition) is 1. The molecule has 0 spiro atoms. The molecule has 0 bridgehead atoms. The van der Waals surface area contributed by atoms with Crippen LogP contribution >= 0.6 is 0 Å². The SMILES string of the molecule is COC(=O)C1=CC[C@@H]2C(C1)c1c(O)cc(C(C)(C)C)cc1OC2(C)C. The standard InChI is InChI=1S/C21H28O4/c1-20(2,3)13-10-16(22)18-14-9-12(19(23)24-6)7-8-15(14)21(4,5)25-17(18)11-13/h7,10-11,14-15,22H,8-9H2,1-6H3/t14?,15-/m1/s1. The van der Waals surface area contributed by atoms with Crippen molar-refractivity contribution in [2.75, 3.05) is 7.11 Å². The van der Waals surface area contributed by atoms with Gasteiger partial charge >= 0.3 is 5.97 Å². The average Bonchev–Trinajstić information content (AvgIpc) is 2.51. The summed E-state index contributed by atoms with van der Waals surface area (Å²) in [4.78, 5) is 12.0. The maximum Gasteiger partial charge on any atom is 0.333 e. The molecule has 0 fully saturated rings. The Morgan fingerprint density at radius 2 is 2.00 bits per heavy atom. The molecule has 2 atom stereocenters. The maximum absolute atomic E-state index is 12.0. The summed E-state index contributed by atoms with van der Waals surface area (Å²) in [5.41, 5.74) is 2.11. The number of phenolic OH excluding ortho intramolecular Hbond substituents is 1. The molecule has 4 nitrogen and oxygen atoms in total. The van der Waals surface area contributed by atoms with Gasteiger partial charge in [0, 0.05) is 23.0 Å². The molecule has 1 aliphatic heterocycles. The molecule has 4 heteroatoms. The van der Waals surface area contributed by atoms with E-state index in [2.05, 4.69) is 34.6 Å². The van der Waals surface area contributed by atoms with E-state index in [1.54, 1.807) is 0 Å². The van der Waals surface area contributed by atoms with Crippen molar-refractivity contribution >= 4 is 5.97 Å². The van der Waals surface area contributed by atoms with Crippen LogP contribution in [0.2, 0.25) is 0 Å². The molecule has 2 aliphatic rings. The maximum atomic E-state index is 12.0. The first-order valence-corrected chi connectivity index (χ1v) is 8.88. The summed E-state index contributed by atoms with van der Waals surface area (Å²) in [5.74, 6) is 0.975. The number of carbonyl (C=O) groups excluding carboxylic acids is 1. The first-order chi connectivity index (χ1) is 11.5. The number of rotatable bonds is 1. The van der Waals surface area contributed by atoms with Crippen LogP contribution < -0.4 is 4.74 Å². The highest BCUT2D eigenvalue weighted by atomic mass is 16.5. The normalized spacial score (nSPS) is 24.5. The predicted molar refractivity (Wildman–Crippen MR) is 97.1 cm³/mol. The number of phenols is 1. The summed E-state index contributed by atoms with van der Waals surface area (Å²) in [7, 11) is 1.41. The zero-order valence-electron chi connectivity index (χ0n) is 16.0. The first kappa shape index (κ1) is 17.8. The molecule has 1 aliphatic carbocycles.